The molecule has 5 atom stereocenters. The van der Waals surface area contributed by atoms with E-state index in [2.05, 4.69) is 40.8 Å². The van der Waals surface area contributed by atoms with Gasteiger partial charge in [-0.15, -0.1) is 0 Å². The Labute approximate surface area is 344 Å². The Balaban J connectivity index is 2.06. The van der Waals surface area contributed by atoms with Gasteiger partial charge in [0.15, 0.2) is 14.4 Å². The van der Waals surface area contributed by atoms with Crippen LogP contribution in [-0.2, 0) is 55.7 Å². The Hall–Kier alpha value is -3.06. The second-order valence-electron chi connectivity index (χ2n) is 17.5. The van der Waals surface area contributed by atoms with Gasteiger partial charge in [-0.25, -0.2) is 4.79 Å². The molecule has 0 N–H and O–H groups in total. The average molecular weight is 813 g/mol. The molecule has 0 bridgehead atoms. The van der Waals surface area contributed by atoms with E-state index >= 15 is 0 Å². The van der Waals surface area contributed by atoms with Crippen molar-refractivity contribution in [1.82, 2.24) is 0 Å². The van der Waals surface area contributed by atoms with E-state index in [4.69, 9.17) is 37.6 Å². The van der Waals surface area contributed by atoms with E-state index in [-0.39, 0.29) is 36.6 Å². The molecule has 2 aromatic rings. The Morgan fingerprint density at radius 1 is 0.895 bits per heavy atom. The SMILES string of the molecule is CCCCCCCC(=O)O[C@H]1/C(=C/C(=O)OC)C[C@@H](C[C@@H](OCc2ccc(OC)cc2)[C@H](C)OCc2ccccc2)OC1(OC)C(C)(C)CO[Si](C)(C)C(C)(C)C. The largest absolute Gasteiger partial charge is 0.497 e. The Bertz CT molecular complexity index is 1530. The van der Waals surface area contributed by atoms with Crippen molar-refractivity contribution in [3.63, 3.8) is 0 Å². The molecule has 1 heterocycles. The third kappa shape index (κ3) is 14.0. The first-order valence-electron chi connectivity index (χ1n) is 20.7. The van der Waals surface area contributed by atoms with Crippen molar-refractivity contribution in [3.05, 3.63) is 77.4 Å². The van der Waals surface area contributed by atoms with Gasteiger partial charge in [-0.05, 0) is 66.7 Å². The van der Waals surface area contributed by atoms with Gasteiger partial charge in [-0.3, -0.25) is 4.79 Å². The third-order valence-electron chi connectivity index (χ3n) is 11.6. The Kier molecular flexibility index (Phi) is 18.9. The lowest BCUT2D eigenvalue weighted by atomic mass is 9.74. The molecule has 0 spiro atoms. The predicted octanol–water partition coefficient (Wildman–Crippen LogP) is 10.1. The normalized spacial score (nSPS) is 20.9. The van der Waals surface area contributed by atoms with E-state index in [0.29, 0.717) is 31.6 Å². The number of carbonyl (C=O) groups excluding carboxylic acids is 2. The number of esters is 2. The number of hydrogen-bond acceptors (Lipinski definition) is 10. The van der Waals surface area contributed by atoms with Gasteiger partial charge in [-0.2, -0.15) is 0 Å². The van der Waals surface area contributed by atoms with Crippen molar-refractivity contribution in [3.8, 4) is 5.75 Å². The summed E-state index contributed by atoms with van der Waals surface area (Å²) in [5.74, 6) is -1.72. The lowest BCUT2D eigenvalue weighted by Crippen LogP contribution is -2.65. The Morgan fingerprint density at radius 2 is 1.53 bits per heavy atom. The van der Waals surface area contributed by atoms with Gasteiger partial charge in [0.25, 0.3) is 0 Å². The maximum Gasteiger partial charge on any atom is 0.330 e. The van der Waals surface area contributed by atoms with Crippen LogP contribution in [0.3, 0.4) is 0 Å². The predicted molar refractivity (Wildman–Crippen MR) is 226 cm³/mol. The highest BCUT2D eigenvalue weighted by atomic mass is 28.4. The van der Waals surface area contributed by atoms with E-state index in [9.17, 15) is 9.59 Å². The van der Waals surface area contributed by atoms with E-state index in [1.807, 2.05) is 75.4 Å². The summed E-state index contributed by atoms with van der Waals surface area (Å²) in [6, 6.07) is 17.8. The van der Waals surface area contributed by atoms with Gasteiger partial charge in [0.1, 0.15) is 5.75 Å². The zero-order valence-electron chi connectivity index (χ0n) is 36.9. The molecule has 0 saturated carbocycles. The topological polar surface area (TPSA) is 108 Å². The van der Waals surface area contributed by atoms with Crippen molar-refractivity contribution < 1.29 is 47.2 Å². The standard InChI is InChI=1S/C46H72O10Si/c1-13-14-15-16-20-23-41(47)55-43-37(29-42(48)50-9)28-39(56-46(43,51-10)45(6,7)33-54-57(11,12)44(3,4)5)30-40(34(2)52-31-35-21-18-17-19-22-35)53-32-36-24-26-38(49-8)27-25-36/h17-19,21-22,24-27,29,34,39-40,43H,13-16,20,23,28,30-33H2,1-12H3/b37-29+/t34-,39-,40+,43-,46?/m0/s1. The summed E-state index contributed by atoms with van der Waals surface area (Å²) in [6.45, 7) is 20.2. The van der Waals surface area contributed by atoms with Crippen LogP contribution < -0.4 is 4.74 Å². The molecule has 1 fully saturated rings. The second-order valence-corrected chi connectivity index (χ2v) is 22.3. The molecule has 1 saturated heterocycles. The Morgan fingerprint density at radius 3 is 2.12 bits per heavy atom. The summed E-state index contributed by atoms with van der Waals surface area (Å²) in [5, 5.41) is -0.0524. The van der Waals surface area contributed by atoms with Gasteiger partial charge in [0.05, 0.1) is 45.7 Å². The van der Waals surface area contributed by atoms with Crippen LogP contribution in [0.4, 0.5) is 0 Å². The van der Waals surface area contributed by atoms with Crippen molar-refractivity contribution in [2.45, 2.75) is 161 Å². The maximum atomic E-state index is 13.7. The number of benzene rings is 2. The monoisotopic (exact) mass is 812 g/mol. The second kappa shape index (κ2) is 22.3. The molecule has 3 rings (SSSR count). The van der Waals surface area contributed by atoms with Crippen LogP contribution in [0.5, 0.6) is 5.75 Å². The summed E-state index contributed by atoms with van der Waals surface area (Å²) >= 11 is 0. The minimum Gasteiger partial charge on any atom is -0.497 e. The zero-order chi connectivity index (χ0) is 42.3. The zero-order valence-corrected chi connectivity index (χ0v) is 37.9. The lowest BCUT2D eigenvalue weighted by molar-refractivity contribution is -0.351. The van der Waals surface area contributed by atoms with Crippen LogP contribution in [0, 0.1) is 5.41 Å². The van der Waals surface area contributed by atoms with Gasteiger partial charge >= 0.3 is 11.9 Å². The van der Waals surface area contributed by atoms with E-state index in [1.165, 1.54) is 13.2 Å². The molecule has 57 heavy (non-hydrogen) atoms. The number of rotatable bonds is 23. The highest BCUT2D eigenvalue weighted by molar-refractivity contribution is 6.74. The third-order valence-corrected chi connectivity index (χ3v) is 16.0. The van der Waals surface area contributed by atoms with E-state index in [1.54, 1.807) is 14.2 Å². The van der Waals surface area contributed by atoms with E-state index in [0.717, 1.165) is 42.6 Å². The molecule has 1 unspecified atom stereocenters. The van der Waals surface area contributed by atoms with Crippen LogP contribution in [0.1, 0.15) is 111 Å². The quantitative estimate of drug-likeness (QED) is 0.0466. The van der Waals surface area contributed by atoms with Crippen molar-refractivity contribution in [2.75, 3.05) is 27.9 Å². The first kappa shape index (κ1) is 48.3. The van der Waals surface area contributed by atoms with Crippen LogP contribution in [0.25, 0.3) is 0 Å². The minimum absolute atomic E-state index is 0.0524. The van der Waals surface area contributed by atoms with Gasteiger partial charge < -0.3 is 37.6 Å². The molecule has 0 aliphatic carbocycles. The van der Waals surface area contributed by atoms with Gasteiger partial charge in [0, 0.05) is 38.0 Å². The first-order valence-corrected chi connectivity index (χ1v) is 23.6. The maximum absolute atomic E-state index is 13.7. The molecule has 10 nitrogen and oxygen atoms in total. The summed E-state index contributed by atoms with van der Waals surface area (Å²) < 4.78 is 50.5. The molecule has 2 aromatic carbocycles. The van der Waals surface area contributed by atoms with Crippen molar-refractivity contribution >= 4 is 20.3 Å². The van der Waals surface area contributed by atoms with Crippen LogP contribution >= 0.6 is 0 Å². The first-order chi connectivity index (χ1) is 26.9. The summed E-state index contributed by atoms with van der Waals surface area (Å²) in [4.78, 5) is 26.7. The lowest BCUT2D eigenvalue weighted by Gasteiger charge is -2.54. The fraction of sp³-hybridized carbons (Fsp3) is 0.652. The van der Waals surface area contributed by atoms with Gasteiger partial charge in [0.2, 0.25) is 5.79 Å². The molecule has 0 amide bonds. The minimum atomic E-state index is -2.25. The molecule has 320 valence electrons. The van der Waals surface area contributed by atoms with Crippen molar-refractivity contribution in [1.29, 1.82) is 0 Å². The number of unbranched alkanes of at least 4 members (excludes halogenated alkanes) is 4. The van der Waals surface area contributed by atoms with Crippen LogP contribution in [-0.4, -0.2) is 78.4 Å². The summed E-state index contributed by atoms with van der Waals surface area (Å²) in [6.07, 6.45) is 4.86. The fourth-order valence-corrected chi connectivity index (χ4v) is 7.92. The molecule has 0 radical (unpaired) electrons. The number of carbonyl (C=O) groups is 2. The highest BCUT2D eigenvalue weighted by Gasteiger charge is 2.60. The average Bonchev–Trinajstić information content (AvgIpc) is 3.18. The highest BCUT2D eigenvalue weighted by Crippen LogP contribution is 2.49. The van der Waals surface area contributed by atoms with Crippen molar-refractivity contribution in [2.24, 2.45) is 5.41 Å². The number of hydrogen-bond donors (Lipinski definition) is 0. The fourth-order valence-electron chi connectivity index (χ4n) is 6.77. The number of ether oxygens (including phenoxy) is 7. The van der Waals surface area contributed by atoms with Gasteiger partial charge in [-0.1, -0.05) is 110 Å². The smallest absolute Gasteiger partial charge is 0.330 e. The van der Waals surface area contributed by atoms with Crippen LogP contribution in [0.15, 0.2) is 66.2 Å². The molecular formula is C46H72O10Si. The molecular weight excluding hydrogens is 741 g/mol. The summed E-state index contributed by atoms with van der Waals surface area (Å²) in [7, 11) is 2.29. The molecule has 1 aliphatic heterocycles. The molecule has 0 aromatic heterocycles. The van der Waals surface area contributed by atoms with Crippen LogP contribution in [0.2, 0.25) is 18.1 Å². The number of methoxy groups -OCH3 is 3. The van der Waals surface area contributed by atoms with E-state index < -0.39 is 43.8 Å². The summed E-state index contributed by atoms with van der Waals surface area (Å²) in [5.41, 5.74) is 1.69. The molecule has 1 aliphatic rings. The molecule has 11 heteroatoms.